The predicted molar refractivity (Wildman–Crippen MR) is 82.7 cm³/mol. The highest BCUT2D eigenvalue weighted by Crippen LogP contribution is 2.29. The average molecular weight is 336 g/mol. The molecule has 0 saturated carbocycles. The summed E-state index contributed by atoms with van der Waals surface area (Å²) in [4.78, 5) is 14.5. The van der Waals surface area contributed by atoms with E-state index < -0.39 is 0 Å². The Morgan fingerprint density at radius 2 is 1.90 bits per heavy atom. The molecule has 106 valence electrons. The monoisotopic (exact) mass is 335 g/mol. The average Bonchev–Trinajstić information content (AvgIpc) is 2.74. The Bertz CT molecular complexity index is 545. The number of hydrogen-bond donors (Lipinski definition) is 0. The van der Waals surface area contributed by atoms with Crippen LogP contribution in [0, 0.1) is 0 Å². The summed E-state index contributed by atoms with van der Waals surface area (Å²) in [6.07, 6.45) is 6.66. The third kappa shape index (κ3) is 2.90. The van der Waals surface area contributed by atoms with Crippen LogP contribution in [0.2, 0.25) is 0 Å². The number of halogens is 1. The zero-order chi connectivity index (χ0) is 13.9. The zero-order valence-corrected chi connectivity index (χ0v) is 13.0. The van der Waals surface area contributed by atoms with E-state index in [0.29, 0.717) is 6.61 Å². The minimum atomic E-state index is 0.137. The van der Waals surface area contributed by atoms with Crippen LogP contribution in [0.3, 0.4) is 0 Å². The SMILES string of the molecule is O=C(C1=Cc2cc(Br)ccc2OC1)N1CCCCCC1. The van der Waals surface area contributed by atoms with Crippen LogP contribution in [-0.2, 0) is 4.79 Å². The number of fused-ring (bicyclic) bond motifs is 1. The van der Waals surface area contributed by atoms with Gasteiger partial charge in [-0.05, 0) is 37.1 Å². The molecule has 1 amide bonds. The summed E-state index contributed by atoms with van der Waals surface area (Å²) in [7, 11) is 0. The Balaban J connectivity index is 1.81. The van der Waals surface area contributed by atoms with Crippen LogP contribution in [0.1, 0.15) is 31.2 Å². The van der Waals surface area contributed by atoms with Gasteiger partial charge in [-0.1, -0.05) is 28.8 Å². The van der Waals surface area contributed by atoms with Gasteiger partial charge in [0.15, 0.2) is 0 Å². The molecular formula is C16H18BrNO2. The second kappa shape index (κ2) is 6.00. The number of amides is 1. The van der Waals surface area contributed by atoms with Gasteiger partial charge in [0.1, 0.15) is 12.4 Å². The van der Waals surface area contributed by atoms with E-state index in [1.807, 2.05) is 29.2 Å². The van der Waals surface area contributed by atoms with Crippen molar-refractivity contribution in [3.8, 4) is 5.75 Å². The highest BCUT2D eigenvalue weighted by molar-refractivity contribution is 9.10. The highest BCUT2D eigenvalue weighted by atomic mass is 79.9. The molecule has 0 N–H and O–H groups in total. The van der Waals surface area contributed by atoms with Gasteiger partial charge >= 0.3 is 0 Å². The van der Waals surface area contributed by atoms with Crippen LogP contribution >= 0.6 is 15.9 Å². The molecule has 0 radical (unpaired) electrons. The molecule has 4 heteroatoms. The quantitative estimate of drug-likeness (QED) is 0.784. The van der Waals surface area contributed by atoms with E-state index in [0.717, 1.165) is 47.3 Å². The second-order valence-electron chi connectivity index (χ2n) is 5.35. The molecule has 2 aliphatic heterocycles. The lowest BCUT2D eigenvalue weighted by Gasteiger charge is -2.24. The standard InChI is InChI=1S/C16H18BrNO2/c17-14-5-6-15-12(10-14)9-13(11-20-15)16(19)18-7-3-1-2-4-8-18/h5-6,9-10H,1-4,7-8,11H2. The third-order valence-electron chi connectivity index (χ3n) is 3.85. The van der Waals surface area contributed by atoms with E-state index >= 15 is 0 Å². The van der Waals surface area contributed by atoms with E-state index in [-0.39, 0.29) is 5.91 Å². The van der Waals surface area contributed by atoms with Gasteiger partial charge in [0.2, 0.25) is 0 Å². The molecule has 0 spiro atoms. The van der Waals surface area contributed by atoms with Crippen molar-refractivity contribution in [2.24, 2.45) is 0 Å². The van der Waals surface area contributed by atoms with Crippen molar-refractivity contribution in [1.82, 2.24) is 4.90 Å². The molecule has 0 unspecified atom stereocenters. The van der Waals surface area contributed by atoms with Crippen LogP contribution < -0.4 is 4.74 Å². The van der Waals surface area contributed by atoms with Crippen LogP contribution in [0.5, 0.6) is 5.75 Å². The topological polar surface area (TPSA) is 29.5 Å². The first-order valence-corrected chi connectivity index (χ1v) is 7.95. The lowest BCUT2D eigenvalue weighted by atomic mass is 10.1. The molecule has 0 aliphatic carbocycles. The van der Waals surface area contributed by atoms with Gasteiger partial charge in [-0.15, -0.1) is 0 Å². The molecular weight excluding hydrogens is 318 g/mol. The summed E-state index contributed by atoms with van der Waals surface area (Å²) < 4.78 is 6.70. The second-order valence-corrected chi connectivity index (χ2v) is 6.26. The lowest BCUT2D eigenvalue weighted by Crippen LogP contribution is -2.35. The Hall–Kier alpha value is -1.29. The maximum atomic E-state index is 12.6. The molecule has 1 aromatic rings. The molecule has 2 heterocycles. The van der Waals surface area contributed by atoms with Crippen molar-refractivity contribution in [3.05, 3.63) is 33.8 Å². The van der Waals surface area contributed by atoms with Crippen molar-refractivity contribution < 1.29 is 9.53 Å². The molecule has 0 atom stereocenters. The summed E-state index contributed by atoms with van der Waals surface area (Å²) in [5.74, 6) is 0.984. The van der Waals surface area contributed by atoms with Gasteiger partial charge in [-0.25, -0.2) is 0 Å². The first kappa shape index (κ1) is 13.7. The van der Waals surface area contributed by atoms with Gasteiger partial charge in [0, 0.05) is 23.1 Å². The van der Waals surface area contributed by atoms with E-state index in [9.17, 15) is 4.79 Å². The maximum Gasteiger partial charge on any atom is 0.253 e. The largest absolute Gasteiger partial charge is 0.488 e. The van der Waals surface area contributed by atoms with Crippen LogP contribution in [-0.4, -0.2) is 30.5 Å². The van der Waals surface area contributed by atoms with Crippen LogP contribution in [0.15, 0.2) is 28.2 Å². The third-order valence-corrected chi connectivity index (χ3v) is 4.35. The van der Waals surface area contributed by atoms with Crippen molar-refractivity contribution >= 4 is 27.9 Å². The van der Waals surface area contributed by atoms with Crippen molar-refractivity contribution in [1.29, 1.82) is 0 Å². The summed E-state index contributed by atoms with van der Waals surface area (Å²) >= 11 is 3.45. The van der Waals surface area contributed by atoms with Crippen LogP contribution in [0.4, 0.5) is 0 Å². The van der Waals surface area contributed by atoms with Crippen LogP contribution in [0.25, 0.3) is 6.08 Å². The number of carbonyl (C=O) groups excluding carboxylic acids is 1. The summed E-state index contributed by atoms with van der Waals surface area (Å²) in [6.45, 7) is 2.13. The number of hydrogen-bond acceptors (Lipinski definition) is 2. The smallest absolute Gasteiger partial charge is 0.253 e. The molecule has 3 nitrogen and oxygen atoms in total. The van der Waals surface area contributed by atoms with Gasteiger partial charge in [-0.3, -0.25) is 4.79 Å². The normalized spacial score (nSPS) is 18.6. The van der Waals surface area contributed by atoms with Gasteiger partial charge in [0.05, 0.1) is 5.57 Å². The van der Waals surface area contributed by atoms with Gasteiger partial charge in [-0.2, -0.15) is 0 Å². The van der Waals surface area contributed by atoms with Crippen molar-refractivity contribution in [2.75, 3.05) is 19.7 Å². The van der Waals surface area contributed by atoms with E-state index in [4.69, 9.17) is 4.74 Å². The first-order valence-electron chi connectivity index (χ1n) is 7.16. The number of rotatable bonds is 1. The molecule has 0 bridgehead atoms. The fraction of sp³-hybridized carbons (Fsp3) is 0.438. The first-order chi connectivity index (χ1) is 9.74. The Morgan fingerprint density at radius 3 is 2.65 bits per heavy atom. The van der Waals surface area contributed by atoms with Crippen molar-refractivity contribution in [2.45, 2.75) is 25.7 Å². The number of nitrogens with zero attached hydrogens (tertiary/aromatic N) is 1. The predicted octanol–water partition coefficient (Wildman–Crippen LogP) is 3.63. The number of likely N-dealkylation sites (tertiary alicyclic amines) is 1. The van der Waals surface area contributed by atoms with E-state index in [2.05, 4.69) is 15.9 Å². The molecule has 0 aromatic heterocycles. The van der Waals surface area contributed by atoms with Crippen molar-refractivity contribution in [3.63, 3.8) is 0 Å². The Kier molecular flexibility index (Phi) is 4.10. The summed E-state index contributed by atoms with van der Waals surface area (Å²) in [5, 5.41) is 0. The van der Waals surface area contributed by atoms with Gasteiger partial charge < -0.3 is 9.64 Å². The molecule has 1 saturated heterocycles. The molecule has 1 aromatic carbocycles. The minimum Gasteiger partial charge on any atom is -0.488 e. The number of benzene rings is 1. The molecule has 3 rings (SSSR count). The molecule has 1 fully saturated rings. The Morgan fingerprint density at radius 1 is 1.15 bits per heavy atom. The Labute approximate surface area is 127 Å². The van der Waals surface area contributed by atoms with E-state index in [1.165, 1.54) is 12.8 Å². The minimum absolute atomic E-state index is 0.137. The summed E-state index contributed by atoms with van der Waals surface area (Å²) in [5.41, 5.74) is 1.74. The van der Waals surface area contributed by atoms with E-state index in [1.54, 1.807) is 0 Å². The number of carbonyl (C=O) groups is 1. The molecule has 20 heavy (non-hydrogen) atoms. The molecule has 2 aliphatic rings. The van der Waals surface area contributed by atoms with Gasteiger partial charge in [0.25, 0.3) is 5.91 Å². The summed E-state index contributed by atoms with van der Waals surface area (Å²) in [6, 6.07) is 5.88. The fourth-order valence-electron chi connectivity index (χ4n) is 2.75. The zero-order valence-electron chi connectivity index (χ0n) is 11.4. The maximum absolute atomic E-state index is 12.6. The highest BCUT2D eigenvalue weighted by Gasteiger charge is 2.23. The lowest BCUT2D eigenvalue weighted by molar-refractivity contribution is -0.127. The fourth-order valence-corrected chi connectivity index (χ4v) is 3.13. The number of ether oxygens (including phenoxy) is 1.